The molecule has 258 valence electrons. The molecule has 2 rings (SSSR count). The molecular weight excluding hydrogens is 580 g/mol. The second-order valence-corrected chi connectivity index (χ2v) is 11.6. The molecule has 0 amide bonds. The number of carbonyl (C=O) groups is 1. The van der Waals surface area contributed by atoms with Gasteiger partial charge in [-0.25, -0.2) is 13.8 Å². The van der Waals surface area contributed by atoms with Crippen LogP contribution in [0.5, 0.6) is 0 Å². The van der Waals surface area contributed by atoms with Gasteiger partial charge in [0, 0.05) is 37.7 Å². The zero-order chi connectivity index (χ0) is 35.3. The number of hydrogen-bond donors (Lipinski definition) is 1. The standard InChI is InChI=1S/C34H49F2N3O.C3H6O.C2H6/c1-9-13-23-39(22-10-2)31-18-16-29(24-26(31)5)34(20-21-34)38-32(37-8)19-17-30(12-4)40-25-28(11-3)15-14-27(6)33(7,35)36;1-3(2)4;1-2/h11,14-19,24,38H,6,8-10,12-13,20-23,25H2,1-5,7H3;1-2H3;1-2H3/b15-14-,28-11+,30-17+,32-19+;;. The summed E-state index contributed by atoms with van der Waals surface area (Å²) in [4.78, 5) is 16.2. The molecule has 1 aromatic carbocycles. The lowest BCUT2D eigenvalue weighted by Crippen LogP contribution is -2.29. The van der Waals surface area contributed by atoms with E-state index in [9.17, 15) is 13.6 Å². The fourth-order valence-electron chi connectivity index (χ4n) is 4.47. The Morgan fingerprint density at radius 2 is 1.74 bits per heavy atom. The van der Waals surface area contributed by atoms with Gasteiger partial charge in [0.1, 0.15) is 18.2 Å². The monoisotopic (exact) mass is 641 g/mol. The Balaban J connectivity index is 0.00000312. The van der Waals surface area contributed by atoms with Crippen LogP contribution >= 0.6 is 0 Å². The van der Waals surface area contributed by atoms with Crippen LogP contribution in [0.2, 0.25) is 0 Å². The van der Waals surface area contributed by atoms with E-state index in [2.05, 4.69) is 67.5 Å². The van der Waals surface area contributed by atoms with Crippen molar-refractivity contribution in [2.24, 2.45) is 4.99 Å². The number of unbranched alkanes of at least 4 members (excludes halogenated alkanes) is 1. The molecule has 0 atom stereocenters. The molecule has 0 bridgehead atoms. The molecule has 0 heterocycles. The lowest BCUT2D eigenvalue weighted by atomic mass is 10.0. The molecule has 1 aliphatic carbocycles. The molecule has 5 nitrogen and oxygen atoms in total. The van der Waals surface area contributed by atoms with Crippen LogP contribution in [0.15, 0.2) is 82.9 Å². The zero-order valence-corrected chi connectivity index (χ0v) is 30.4. The van der Waals surface area contributed by atoms with E-state index >= 15 is 0 Å². The predicted molar refractivity (Wildman–Crippen MR) is 195 cm³/mol. The van der Waals surface area contributed by atoms with Gasteiger partial charge in [-0.15, -0.1) is 0 Å². The average Bonchev–Trinajstić information content (AvgIpc) is 3.80. The van der Waals surface area contributed by atoms with Crippen molar-refractivity contribution in [2.45, 2.75) is 119 Å². The maximum atomic E-state index is 13.4. The number of benzene rings is 1. The third-order valence-corrected chi connectivity index (χ3v) is 7.29. The summed E-state index contributed by atoms with van der Waals surface area (Å²) in [5.74, 6) is -1.32. The summed E-state index contributed by atoms with van der Waals surface area (Å²) in [5.41, 5.74) is 4.31. The number of halogens is 2. The molecule has 46 heavy (non-hydrogen) atoms. The number of nitrogens with one attached hydrogen (secondary N) is 1. The minimum atomic E-state index is -2.94. The smallest absolute Gasteiger partial charge is 0.269 e. The highest BCUT2D eigenvalue weighted by atomic mass is 19.3. The minimum absolute atomic E-state index is 0.136. The van der Waals surface area contributed by atoms with Crippen LogP contribution in [0.3, 0.4) is 0 Å². The van der Waals surface area contributed by atoms with Gasteiger partial charge in [0.15, 0.2) is 0 Å². The van der Waals surface area contributed by atoms with E-state index in [0.717, 1.165) is 50.6 Å². The summed E-state index contributed by atoms with van der Waals surface area (Å²) in [6.45, 7) is 28.1. The first-order valence-electron chi connectivity index (χ1n) is 16.8. The molecule has 1 aromatic rings. The highest BCUT2D eigenvalue weighted by Crippen LogP contribution is 2.47. The Hall–Kier alpha value is -3.48. The summed E-state index contributed by atoms with van der Waals surface area (Å²) in [6.07, 6.45) is 14.9. The van der Waals surface area contributed by atoms with Crippen LogP contribution in [0.1, 0.15) is 112 Å². The van der Waals surface area contributed by atoms with Crippen molar-refractivity contribution in [1.29, 1.82) is 0 Å². The van der Waals surface area contributed by atoms with Crippen molar-refractivity contribution >= 4 is 18.2 Å². The fraction of sp³-hybridized carbons (Fsp3) is 0.538. The number of allylic oxidation sites excluding steroid dienone is 6. The molecule has 1 saturated carbocycles. The Morgan fingerprint density at radius 1 is 1.11 bits per heavy atom. The molecule has 0 aliphatic heterocycles. The van der Waals surface area contributed by atoms with Crippen LogP contribution in [0.4, 0.5) is 14.5 Å². The Morgan fingerprint density at radius 3 is 2.20 bits per heavy atom. The fourth-order valence-corrected chi connectivity index (χ4v) is 4.47. The van der Waals surface area contributed by atoms with Crippen molar-refractivity contribution in [3.05, 3.63) is 89.0 Å². The maximum Gasteiger partial charge on any atom is 0.269 e. The number of rotatable bonds is 18. The first-order valence-corrected chi connectivity index (χ1v) is 16.8. The Labute approximate surface area is 279 Å². The van der Waals surface area contributed by atoms with E-state index in [1.165, 1.54) is 49.6 Å². The molecule has 0 saturated heterocycles. The van der Waals surface area contributed by atoms with Gasteiger partial charge in [0.05, 0.1) is 11.3 Å². The number of ketones is 1. The third-order valence-electron chi connectivity index (χ3n) is 7.29. The molecule has 0 aromatic heterocycles. The van der Waals surface area contributed by atoms with E-state index in [-0.39, 0.29) is 23.5 Å². The first-order chi connectivity index (χ1) is 21.8. The van der Waals surface area contributed by atoms with Gasteiger partial charge >= 0.3 is 0 Å². The van der Waals surface area contributed by atoms with Crippen molar-refractivity contribution in [1.82, 2.24) is 5.32 Å². The van der Waals surface area contributed by atoms with Crippen LogP contribution in [0, 0.1) is 6.92 Å². The van der Waals surface area contributed by atoms with Crippen molar-refractivity contribution in [3.63, 3.8) is 0 Å². The number of ether oxygens (including phenoxy) is 1. The number of nitrogens with zero attached hydrogens (tertiary/aromatic N) is 2. The Kier molecular flexibility index (Phi) is 20.4. The number of Topliss-reactive ketones (excluding diaryl/α,β-unsaturated/α-hetero) is 1. The molecule has 1 aliphatic rings. The second kappa shape index (κ2) is 22.1. The van der Waals surface area contributed by atoms with Gasteiger partial charge in [-0.3, -0.25) is 0 Å². The van der Waals surface area contributed by atoms with E-state index in [0.29, 0.717) is 12.2 Å². The number of hydrogen-bond acceptors (Lipinski definition) is 5. The van der Waals surface area contributed by atoms with E-state index < -0.39 is 5.92 Å². The van der Waals surface area contributed by atoms with Gasteiger partial charge in [0.2, 0.25) is 0 Å². The average molecular weight is 642 g/mol. The van der Waals surface area contributed by atoms with Gasteiger partial charge in [-0.1, -0.05) is 78.0 Å². The molecule has 0 spiro atoms. The van der Waals surface area contributed by atoms with Gasteiger partial charge in [-0.05, 0) is 95.0 Å². The molecule has 1 N–H and O–H groups in total. The van der Waals surface area contributed by atoms with Crippen LogP contribution < -0.4 is 10.2 Å². The molecule has 1 fully saturated rings. The largest absolute Gasteiger partial charge is 0.493 e. The maximum absolute atomic E-state index is 13.4. The van der Waals surface area contributed by atoms with E-state index in [1.807, 2.05) is 45.9 Å². The summed E-state index contributed by atoms with van der Waals surface area (Å²) < 4.78 is 32.7. The molecule has 0 unspecified atom stereocenters. The highest BCUT2D eigenvalue weighted by Gasteiger charge is 2.45. The number of carbonyl (C=O) groups excluding carboxylic acids is 1. The van der Waals surface area contributed by atoms with Gasteiger partial charge in [0.25, 0.3) is 5.92 Å². The van der Waals surface area contributed by atoms with Crippen LogP contribution in [-0.4, -0.2) is 38.1 Å². The van der Waals surface area contributed by atoms with Crippen molar-refractivity contribution < 1.29 is 18.3 Å². The second-order valence-electron chi connectivity index (χ2n) is 11.6. The molecule has 0 radical (unpaired) electrons. The summed E-state index contributed by atoms with van der Waals surface area (Å²) in [5, 5.41) is 3.62. The predicted octanol–water partition coefficient (Wildman–Crippen LogP) is 10.8. The summed E-state index contributed by atoms with van der Waals surface area (Å²) in [7, 11) is 0. The zero-order valence-electron chi connectivity index (χ0n) is 30.4. The summed E-state index contributed by atoms with van der Waals surface area (Å²) >= 11 is 0. The van der Waals surface area contributed by atoms with Crippen LogP contribution in [-0.2, 0) is 15.1 Å². The SMILES string of the molecule is C=N/C(=C\C=C(/CC)OCC(/C=C\C(=C)C(C)(F)F)=C/C)NC1(c2ccc(N(CCC)CCCC)c(C)c2)CC1.CC.CC(C)=O. The van der Waals surface area contributed by atoms with Gasteiger partial charge in [-0.2, -0.15) is 0 Å². The normalized spacial score (nSPS) is 14.4. The van der Waals surface area contributed by atoms with Crippen LogP contribution in [0.25, 0.3) is 0 Å². The topological polar surface area (TPSA) is 53.9 Å². The van der Waals surface area contributed by atoms with Crippen molar-refractivity contribution in [2.75, 3.05) is 24.6 Å². The van der Waals surface area contributed by atoms with Crippen molar-refractivity contribution in [3.8, 4) is 0 Å². The Bertz CT molecular complexity index is 1210. The quantitative estimate of drug-likeness (QED) is 0.0984. The number of aliphatic imine (C=N–C) groups is 1. The number of alkyl halides is 2. The minimum Gasteiger partial charge on any atom is -0.493 e. The molecular formula is C39H61F2N3O2. The lowest BCUT2D eigenvalue weighted by Gasteiger charge is -2.27. The first kappa shape index (κ1) is 42.5. The highest BCUT2D eigenvalue weighted by molar-refractivity contribution is 5.72. The number of aryl methyl sites for hydroxylation is 1. The van der Waals surface area contributed by atoms with Gasteiger partial charge < -0.3 is 19.7 Å². The summed E-state index contributed by atoms with van der Waals surface area (Å²) in [6, 6.07) is 6.84. The number of anilines is 1. The van der Waals surface area contributed by atoms with E-state index in [4.69, 9.17) is 4.74 Å². The lowest BCUT2D eigenvalue weighted by molar-refractivity contribution is -0.115. The third kappa shape index (κ3) is 15.7. The molecule has 7 heteroatoms. The van der Waals surface area contributed by atoms with E-state index in [1.54, 1.807) is 6.08 Å².